The summed E-state index contributed by atoms with van der Waals surface area (Å²) in [5, 5.41) is 25.5. The molecule has 38 heavy (non-hydrogen) atoms. The number of nitrogen functional groups attached to an aromatic ring is 1. The maximum Gasteiger partial charge on any atom is 0.294 e. The third-order valence-electron chi connectivity index (χ3n) is 5.59. The normalized spacial score (nSPS) is 15.7. The van der Waals surface area contributed by atoms with Gasteiger partial charge in [0.2, 0.25) is 0 Å². The third kappa shape index (κ3) is 5.49. The number of rotatable bonds is 6. The molecule has 0 saturated heterocycles. The Morgan fingerprint density at radius 3 is 2.45 bits per heavy atom. The Morgan fingerprint density at radius 1 is 1.13 bits per heavy atom. The predicted molar refractivity (Wildman–Crippen MR) is 142 cm³/mol. The summed E-state index contributed by atoms with van der Waals surface area (Å²) >= 11 is 5.82. The molecule has 0 bridgehead atoms. The topological polar surface area (TPSA) is 187 Å². The number of hydrogen-bond donors (Lipinski definition) is 4. The van der Waals surface area contributed by atoms with Crippen molar-refractivity contribution in [1.82, 2.24) is 0 Å². The number of nitrogens with one attached hydrogen (secondary N) is 1. The fraction of sp³-hybridized carbons (Fsp3) is 0.125. The number of carbonyl (C=O) groups is 2. The molecule has 1 unspecified atom stereocenters. The van der Waals surface area contributed by atoms with E-state index in [1.54, 1.807) is 56.3 Å². The van der Waals surface area contributed by atoms with Crippen LogP contribution in [0.5, 0.6) is 5.75 Å². The van der Waals surface area contributed by atoms with Crippen LogP contribution < -0.4 is 16.1 Å². The quantitative estimate of drug-likeness (QED) is 0.198. The molecule has 0 spiro atoms. The van der Waals surface area contributed by atoms with Gasteiger partial charge in [0, 0.05) is 16.9 Å². The summed E-state index contributed by atoms with van der Waals surface area (Å²) in [6.07, 6.45) is 0. The summed E-state index contributed by atoms with van der Waals surface area (Å²) in [6.45, 7) is 3.35. The molecule has 1 heterocycles. The number of carbonyl (C=O) groups excluding carboxylic acids is 2. The number of azo groups is 1. The van der Waals surface area contributed by atoms with Crippen molar-refractivity contribution in [1.29, 1.82) is 0 Å². The Bertz CT molecular complexity index is 1620. The number of aryl methyl sites for hydroxylation is 1. The van der Waals surface area contributed by atoms with E-state index in [0.29, 0.717) is 22.6 Å². The standard InChI is InChI=1S/C24H21ClN6O6S/c1-12-9-14(3-8-19(12)26)23(33)27-15-4-6-16(7-5-15)31-24(34)21(13(2)30-31)29-28-20-11-17(38(35,36)37)10-18(25)22(20)32/h3-11,21,32H,26H2,1-2H3,(H,27,33)(H,35,36,37). The first kappa shape index (κ1) is 26.7. The van der Waals surface area contributed by atoms with Gasteiger partial charge in [-0.2, -0.15) is 28.8 Å². The molecule has 4 rings (SSSR count). The number of nitrogens with zero attached hydrogens (tertiary/aromatic N) is 4. The summed E-state index contributed by atoms with van der Waals surface area (Å²) in [4.78, 5) is 24.9. The molecule has 0 aliphatic carbocycles. The van der Waals surface area contributed by atoms with Crippen LogP contribution in [-0.4, -0.2) is 41.6 Å². The molecule has 12 nitrogen and oxygen atoms in total. The van der Waals surface area contributed by atoms with Crippen molar-refractivity contribution in [2.75, 3.05) is 16.1 Å². The van der Waals surface area contributed by atoms with Gasteiger partial charge in [0.15, 0.2) is 11.8 Å². The van der Waals surface area contributed by atoms with Gasteiger partial charge in [0.1, 0.15) is 5.69 Å². The summed E-state index contributed by atoms with van der Waals surface area (Å²) in [5.74, 6) is -1.46. The first-order chi connectivity index (χ1) is 17.8. The lowest BCUT2D eigenvalue weighted by Gasteiger charge is -2.13. The summed E-state index contributed by atoms with van der Waals surface area (Å²) < 4.78 is 32.1. The fourth-order valence-corrected chi connectivity index (χ4v) is 4.29. The van der Waals surface area contributed by atoms with E-state index < -0.39 is 32.7 Å². The van der Waals surface area contributed by atoms with Gasteiger partial charge in [0.05, 0.1) is 21.3 Å². The number of anilines is 3. The number of nitrogens with two attached hydrogens (primary N) is 1. The van der Waals surface area contributed by atoms with Crippen molar-refractivity contribution in [2.45, 2.75) is 24.8 Å². The third-order valence-corrected chi connectivity index (χ3v) is 6.71. The van der Waals surface area contributed by atoms with Crippen molar-refractivity contribution in [2.24, 2.45) is 15.3 Å². The van der Waals surface area contributed by atoms with Crippen LogP contribution >= 0.6 is 11.6 Å². The Balaban J connectivity index is 1.49. The average molecular weight is 557 g/mol. The number of phenols is 1. The van der Waals surface area contributed by atoms with E-state index in [9.17, 15) is 27.7 Å². The second-order valence-electron chi connectivity index (χ2n) is 8.33. The molecular formula is C24H21ClN6O6S. The molecule has 1 atom stereocenters. The molecule has 5 N–H and O–H groups in total. The minimum Gasteiger partial charge on any atom is -0.504 e. The number of benzene rings is 3. The number of phenolic OH excluding ortho intramolecular Hbond substituents is 1. The Labute approximate surface area is 222 Å². The van der Waals surface area contributed by atoms with E-state index in [2.05, 4.69) is 20.6 Å². The molecule has 1 aliphatic rings. The second kappa shape index (κ2) is 10.2. The molecule has 0 fully saturated rings. The molecular weight excluding hydrogens is 536 g/mol. The van der Waals surface area contributed by atoms with Crippen LogP contribution in [0.4, 0.5) is 22.7 Å². The summed E-state index contributed by atoms with van der Waals surface area (Å²) in [7, 11) is -4.63. The second-order valence-corrected chi connectivity index (χ2v) is 10.2. The lowest BCUT2D eigenvalue weighted by atomic mass is 10.1. The SMILES string of the molecule is CC1=NN(c2ccc(NC(=O)c3ccc(N)c(C)c3)cc2)C(=O)C1N=Nc1cc(S(=O)(=O)O)cc(Cl)c1O. The molecule has 0 aromatic heterocycles. The maximum absolute atomic E-state index is 13.0. The highest BCUT2D eigenvalue weighted by Crippen LogP contribution is 2.37. The van der Waals surface area contributed by atoms with Gasteiger partial charge in [-0.25, -0.2) is 0 Å². The number of amides is 2. The van der Waals surface area contributed by atoms with Crippen molar-refractivity contribution < 1.29 is 27.7 Å². The zero-order valence-electron chi connectivity index (χ0n) is 20.0. The highest BCUT2D eigenvalue weighted by Gasteiger charge is 2.35. The molecule has 196 valence electrons. The summed E-state index contributed by atoms with van der Waals surface area (Å²) in [6, 6.07) is 11.9. The van der Waals surface area contributed by atoms with Crippen LogP contribution in [0, 0.1) is 6.92 Å². The van der Waals surface area contributed by atoms with Crippen LogP contribution in [0.25, 0.3) is 0 Å². The molecule has 14 heteroatoms. The van der Waals surface area contributed by atoms with E-state index in [1.165, 1.54) is 0 Å². The van der Waals surface area contributed by atoms with Crippen LogP contribution in [0.1, 0.15) is 22.8 Å². The van der Waals surface area contributed by atoms with Gasteiger partial charge >= 0.3 is 0 Å². The lowest BCUT2D eigenvalue weighted by Crippen LogP contribution is -2.29. The number of halogens is 1. The van der Waals surface area contributed by atoms with E-state index in [-0.39, 0.29) is 22.3 Å². The summed E-state index contributed by atoms with van der Waals surface area (Å²) in [5.41, 5.74) is 8.42. The van der Waals surface area contributed by atoms with Gasteiger partial charge in [-0.3, -0.25) is 14.1 Å². The zero-order valence-corrected chi connectivity index (χ0v) is 21.5. The molecule has 2 amide bonds. The Hall–Kier alpha value is -4.33. The smallest absolute Gasteiger partial charge is 0.294 e. The van der Waals surface area contributed by atoms with Crippen molar-refractivity contribution in [3.8, 4) is 5.75 Å². The van der Waals surface area contributed by atoms with E-state index >= 15 is 0 Å². The maximum atomic E-state index is 13.0. The molecule has 0 saturated carbocycles. The lowest BCUT2D eigenvalue weighted by molar-refractivity contribution is -0.117. The highest BCUT2D eigenvalue weighted by molar-refractivity contribution is 7.85. The molecule has 3 aromatic carbocycles. The highest BCUT2D eigenvalue weighted by atomic mass is 35.5. The minimum absolute atomic E-state index is 0.284. The first-order valence-electron chi connectivity index (χ1n) is 10.9. The predicted octanol–water partition coefficient (Wildman–Crippen LogP) is 4.31. The van der Waals surface area contributed by atoms with Gasteiger partial charge < -0.3 is 16.2 Å². The van der Waals surface area contributed by atoms with E-state index in [0.717, 1.165) is 22.7 Å². The van der Waals surface area contributed by atoms with Crippen LogP contribution in [-0.2, 0) is 14.9 Å². The number of hydrogen-bond acceptors (Lipinski definition) is 9. The molecule has 3 aromatic rings. The van der Waals surface area contributed by atoms with Crippen LogP contribution in [0.3, 0.4) is 0 Å². The van der Waals surface area contributed by atoms with Gasteiger partial charge in [-0.05, 0) is 74.0 Å². The van der Waals surface area contributed by atoms with Gasteiger partial charge in [-0.1, -0.05) is 11.6 Å². The van der Waals surface area contributed by atoms with Gasteiger partial charge in [-0.15, -0.1) is 0 Å². The van der Waals surface area contributed by atoms with Crippen LogP contribution in [0.15, 0.2) is 74.8 Å². The van der Waals surface area contributed by atoms with E-state index in [4.69, 9.17) is 17.3 Å². The molecule has 1 aliphatic heterocycles. The van der Waals surface area contributed by atoms with Gasteiger partial charge in [0.25, 0.3) is 21.9 Å². The average Bonchev–Trinajstić information content (AvgIpc) is 3.14. The largest absolute Gasteiger partial charge is 0.504 e. The van der Waals surface area contributed by atoms with E-state index in [1.807, 2.05) is 0 Å². The number of aromatic hydroxyl groups is 1. The van der Waals surface area contributed by atoms with Crippen molar-refractivity contribution in [3.05, 3.63) is 70.7 Å². The fourth-order valence-electron chi connectivity index (χ4n) is 3.49. The molecule has 0 radical (unpaired) electrons. The minimum atomic E-state index is -4.63. The Morgan fingerprint density at radius 2 is 1.82 bits per heavy atom. The monoisotopic (exact) mass is 556 g/mol. The van der Waals surface area contributed by atoms with Crippen molar-refractivity contribution in [3.63, 3.8) is 0 Å². The first-order valence-corrected chi connectivity index (χ1v) is 12.7. The van der Waals surface area contributed by atoms with Crippen LogP contribution in [0.2, 0.25) is 5.02 Å². The number of hydrazone groups is 1. The Kier molecular flexibility index (Phi) is 7.18. The van der Waals surface area contributed by atoms with Crippen molar-refractivity contribution >= 4 is 62.0 Å². The zero-order chi connectivity index (χ0) is 27.8.